The molecule has 1 heterocycles. The second-order valence-electron chi connectivity index (χ2n) is 3.66. The van der Waals surface area contributed by atoms with Gasteiger partial charge in [-0.05, 0) is 20.8 Å². The summed E-state index contributed by atoms with van der Waals surface area (Å²) in [6, 6.07) is -0.807. The molecule has 0 saturated carbocycles. The van der Waals surface area contributed by atoms with Crippen LogP contribution in [-0.4, -0.2) is 28.7 Å². The Kier molecular flexibility index (Phi) is 5.05. The van der Waals surface area contributed by atoms with Crippen molar-refractivity contribution in [2.45, 2.75) is 26.8 Å². The molecule has 1 aromatic heterocycles. The number of carbonyl (C=O) groups excluding carboxylic acids is 1. The first-order valence-corrected chi connectivity index (χ1v) is 6.05. The lowest BCUT2D eigenvalue weighted by Crippen LogP contribution is -2.37. The molecule has 0 spiro atoms. The monoisotopic (exact) mass is 273 g/mol. The average molecular weight is 273 g/mol. The summed E-state index contributed by atoms with van der Waals surface area (Å²) in [4.78, 5) is 31.2. The molecule has 18 heavy (non-hydrogen) atoms. The van der Waals surface area contributed by atoms with Crippen LogP contribution in [0, 0.1) is 13.8 Å². The minimum Gasteiger partial charge on any atom is -0.479 e. The maximum atomic E-state index is 11.4. The van der Waals surface area contributed by atoms with Gasteiger partial charge in [0.1, 0.15) is 0 Å². The van der Waals surface area contributed by atoms with Gasteiger partial charge in [-0.25, -0.2) is 20.1 Å². The molecule has 0 fully saturated rings. The number of aryl methyl sites for hydroxylation is 2. The fraction of sp³-hybridized carbons (Fsp3) is 0.500. The van der Waals surface area contributed by atoms with E-state index in [0.717, 1.165) is 15.6 Å². The van der Waals surface area contributed by atoms with Gasteiger partial charge in [-0.15, -0.1) is 11.3 Å². The quantitative estimate of drug-likeness (QED) is 0.698. The number of nitrogens with one attached hydrogen (secondary N) is 2. The summed E-state index contributed by atoms with van der Waals surface area (Å²) >= 11 is 1.50. The van der Waals surface area contributed by atoms with Crippen LogP contribution in [0.4, 0.5) is 4.79 Å². The zero-order chi connectivity index (χ0) is 13.7. The van der Waals surface area contributed by atoms with Gasteiger partial charge in [-0.2, -0.15) is 0 Å². The zero-order valence-corrected chi connectivity index (χ0v) is 11.1. The third kappa shape index (κ3) is 4.30. The first-order valence-electron chi connectivity index (χ1n) is 5.24. The number of aromatic nitrogens is 1. The van der Waals surface area contributed by atoms with Crippen LogP contribution in [0.1, 0.15) is 28.5 Å². The summed E-state index contributed by atoms with van der Waals surface area (Å²) in [5.74, 6) is -1.16. The van der Waals surface area contributed by atoms with E-state index in [9.17, 15) is 9.59 Å². The Morgan fingerprint density at radius 3 is 2.67 bits per heavy atom. The van der Waals surface area contributed by atoms with Crippen LogP contribution in [0.2, 0.25) is 0 Å². The van der Waals surface area contributed by atoms with Crippen molar-refractivity contribution >= 4 is 23.3 Å². The predicted octanol–water partition coefficient (Wildman–Crippen LogP) is 1.14. The molecule has 0 aliphatic carbocycles. The number of carboxylic acid groups (broad SMARTS) is 1. The number of carbonyl (C=O) groups is 2. The van der Waals surface area contributed by atoms with Gasteiger partial charge < -0.3 is 10.4 Å². The number of nitrogens with zero attached hydrogens (tertiary/aromatic N) is 1. The van der Waals surface area contributed by atoms with E-state index in [1.807, 2.05) is 26.3 Å². The molecule has 100 valence electrons. The van der Waals surface area contributed by atoms with Gasteiger partial charge in [0.2, 0.25) is 0 Å². The molecule has 7 nitrogen and oxygen atoms in total. The molecule has 0 saturated heterocycles. The van der Waals surface area contributed by atoms with Crippen LogP contribution < -0.4 is 10.8 Å². The van der Waals surface area contributed by atoms with Gasteiger partial charge in [0, 0.05) is 4.88 Å². The summed E-state index contributed by atoms with van der Waals surface area (Å²) in [7, 11) is 0. The minimum atomic E-state index is -1.16. The molecule has 3 N–H and O–H groups in total. The van der Waals surface area contributed by atoms with Crippen molar-refractivity contribution < 1.29 is 19.5 Å². The normalized spacial score (nSPS) is 11.9. The molecule has 2 amide bonds. The molecular formula is C10H15N3O4S. The van der Waals surface area contributed by atoms with E-state index >= 15 is 0 Å². The van der Waals surface area contributed by atoms with Crippen molar-refractivity contribution in [3.8, 4) is 0 Å². The molecule has 0 aromatic carbocycles. The van der Waals surface area contributed by atoms with E-state index in [1.165, 1.54) is 11.3 Å². The van der Waals surface area contributed by atoms with Crippen molar-refractivity contribution in [3.63, 3.8) is 0 Å². The molecule has 0 radical (unpaired) electrons. The summed E-state index contributed by atoms with van der Waals surface area (Å²) < 4.78 is 0. The second-order valence-corrected chi connectivity index (χ2v) is 4.90. The Balaban J connectivity index is 2.44. The Hall–Kier alpha value is -1.67. The van der Waals surface area contributed by atoms with E-state index in [2.05, 4.69) is 15.1 Å². The molecule has 0 aliphatic rings. The topological polar surface area (TPSA) is 101 Å². The van der Waals surface area contributed by atoms with Gasteiger partial charge in [0.25, 0.3) is 0 Å². The zero-order valence-electron chi connectivity index (χ0n) is 10.3. The number of thiazole rings is 1. The lowest BCUT2D eigenvalue weighted by molar-refractivity contribution is -0.144. The number of rotatable bonds is 5. The summed E-state index contributed by atoms with van der Waals surface area (Å²) in [6.45, 7) is 5.00. The Morgan fingerprint density at radius 2 is 2.17 bits per heavy atom. The van der Waals surface area contributed by atoms with Crippen LogP contribution in [0.25, 0.3) is 0 Å². The summed E-state index contributed by atoms with van der Waals surface area (Å²) in [5, 5.41) is 11.9. The maximum Gasteiger partial charge on any atom is 0.339 e. The van der Waals surface area contributed by atoms with Crippen LogP contribution in [0.15, 0.2) is 0 Å². The first-order chi connectivity index (χ1) is 8.40. The van der Waals surface area contributed by atoms with Gasteiger partial charge in [0.05, 0.1) is 16.7 Å². The van der Waals surface area contributed by atoms with Gasteiger partial charge >= 0.3 is 12.0 Å². The van der Waals surface area contributed by atoms with Gasteiger partial charge in [-0.1, -0.05) is 0 Å². The maximum absolute atomic E-state index is 11.4. The lowest BCUT2D eigenvalue weighted by atomic mass is 10.2. The van der Waals surface area contributed by atoms with Crippen LogP contribution >= 0.6 is 11.3 Å². The first kappa shape index (κ1) is 14.4. The summed E-state index contributed by atoms with van der Waals surface area (Å²) in [5.41, 5.74) is 2.87. The molecule has 1 aromatic rings. The number of carboxylic acids is 1. The standard InChI is InChI=1S/C10H15N3O4S/c1-5-9(18-7(3)11-5)6(2)12-10(16)13-17-4-8(14)15/h6H,4H2,1-3H3,(H,14,15)(H2,12,13,16). The largest absolute Gasteiger partial charge is 0.479 e. The lowest BCUT2D eigenvalue weighted by Gasteiger charge is -2.13. The van der Waals surface area contributed by atoms with E-state index in [1.54, 1.807) is 0 Å². The van der Waals surface area contributed by atoms with Crippen LogP contribution in [-0.2, 0) is 9.63 Å². The van der Waals surface area contributed by atoms with Crippen molar-refractivity contribution in [1.82, 2.24) is 15.8 Å². The number of hydrogen-bond acceptors (Lipinski definition) is 5. The highest BCUT2D eigenvalue weighted by molar-refractivity contribution is 7.11. The van der Waals surface area contributed by atoms with Crippen molar-refractivity contribution in [2.24, 2.45) is 0 Å². The molecule has 1 rings (SSSR count). The van der Waals surface area contributed by atoms with E-state index < -0.39 is 18.6 Å². The van der Waals surface area contributed by atoms with E-state index in [-0.39, 0.29) is 6.04 Å². The SMILES string of the molecule is Cc1nc(C)c(C(C)NC(=O)NOCC(=O)O)s1. The van der Waals surface area contributed by atoms with E-state index in [4.69, 9.17) is 5.11 Å². The minimum absolute atomic E-state index is 0.218. The third-order valence-corrected chi connectivity index (χ3v) is 3.30. The van der Waals surface area contributed by atoms with Crippen molar-refractivity contribution in [2.75, 3.05) is 6.61 Å². The van der Waals surface area contributed by atoms with Crippen LogP contribution in [0.3, 0.4) is 0 Å². The number of aliphatic carboxylic acids is 1. The van der Waals surface area contributed by atoms with Crippen molar-refractivity contribution in [3.05, 3.63) is 15.6 Å². The molecule has 1 atom stereocenters. The van der Waals surface area contributed by atoms with Gasteiger partial charge in [-0.3, -0.25) is 4.84 Å². The third-order valence-electron chi connectivity index (χ3n) is 2.04. The molecule has 8 heteroatoms. The molecular weight excluding hydrogens is 258 g/mol. The smallest absolute Gasteiger partial charge is 0.339 e. The van der Waals surface area contributed by atoms with E-state index in [0.29, 0.717) is 0 Å². The fourth-order valence-electron chi connectivity index (χ4n) is 1.40. The van der Waals surface area contributed by atoms with Crippen LogP contribution in [0.5, 0.6) is 0 Å². The Labute approximate surface area is 108 Å². The highest BCUT2D eigenvalue weighted by Gasteiger charge is 2.15. The highest BCUT2D eigenvalue weighted by atomic mass is 32.1. The number of urea groups is 1. The molecule has 0 bridgehead atoms. The fourth-order valence-corrected chi connectivity index (χ4v) is 2.33. The molecule has 1 unspecified atom stereocenters. The summed E-state index contributed by atoms with van der Waals surface area (Å²) in [6.07, 6.45) is 0. The second kappa shape index (κ2) is 6.31. The number of hydroxylamine groups is 1. The Morgan fingerprint density at radius 1 is 1.50 bits per heavy atom. The predicted molar refractivity (Wildman–Crippen MR) is 65.3 cm³/mol. The highest BCUT2D eigenvalue weighted by Crippen LogP contribution is 2.24. The number of hydrogen-bond donors (Lipinski definition) is 3. The number of amides is 2. The molecule has 0 aliphatic heterocycles. The van der Waals surface area contributed by atoms with Crippen molar-refractivity contribution in [1.29, 1.82) is 0 Å². The Bertz CT molecular complexity index is 446. The average Bonchev–Trinajstić information content (AvgIpc) is 2.57. The van der Waals surface area contributed by atoms with Gasteiger partial charge in [0.15, 0.2) is 6.61 Å².